The Kier molecular flexibility index (Phi) is 5.48. The van der Waals surface area contributed by atoms with Crippen LogP contribution in [0.1, 0.15) is 9.67 Å². The number of aromatic nitrogens is 1. The normalized spacial score (nSPS) is 8.25. The van der Waals surface area contributed by atoms with E-state index in [1.54, 1.807) is 6.26 Å². The van der Waals surface area contributed by atoms with Crippen LogP contribution in [0.2, 0.25) is 0 Å². The van der Waals surface area contributed by atoms with Crippen LogP contribution in [-0.4, -0.2) is 24.3 Å². The number of nitrogen functional groups attached to an aromatic ring is 1. The Balaban J connectivity index is 0.000000561. The molecule has 1 heterocycles. The molecule has 6 heteroatoms. The van der Waals surface area contributed by atoms with Crippen molar-refractivity contribution < 1.29 is 9.53 Å². The number of hydrogen-bond donors (Lipinski definition) is 2. The van der Waals surface area contributed by atoms with Crippen LogP contribution in [0.25, 0.3) is 0 Å². The van der Waals surface area contributed by atoms with Crippen LogP contribution in [0.15, 0.2) is 5.51 Å². The number of anilines is 1. The standard InChI is InChI=1S/C5H6N2O2S.CH4S/c1-9-5(8)3-4(6)7-2-10-3;1-2/h2H,6H2,1H3;2H,1H3. The van der Waals surface area contributed by atoms with E-state index in [4.69, 9.17) is 5.73 Å². The van der Waals surface area contributed by atoms with Gasteiger partial charge in [-0.15, -0.1) is 11.3 Å². The highest BCUT2D eigenvalue weighted by Gasteiger charge is 2.11. The molecule has 68 valence electrons. The molecule has 0 unspecified atom stereocenters. The molecule has 0 amide bonds. The summed E-state index contributed by atoms with van der Waals surface area (Å²) in [4.78, 5) is 14.8. The Morgan fingerprint density at radius 2 is 2.33 bits per heavy atom. The highest BCUT2D eigenvalue weighted by Crippen LogP contribution is 2.15. The zero-order valence-electron chi connectivity index (χ0n) is 6.77. The van der Waals surface area contributed by atoms with Crippen LogP contribution in [-0.2, 0) is 4.74 Å². The fourth-order valence-corrected chi connectivity index (χ4v) is 1.12. The lowest BCUT2D eigenvalue weighted by Gasteiger charge is -1.92. The topological polar surface area (TPSA) is 65.2 Å². The maximum atomic E-state index is 10.8. The second-order valence-electron chi connectivity index (χ2n) is 1.56. The molecule has 1 aromatic rings. The molecule has 0 aliphatic rings. The minimum absolute atomic E-state index is 0.233. The van der Waals surface area contributed by atoms with Crippen LogP contribution < -0.4 is 5.73 Å². The minimum Gasteiger partial charge on any atom is -0.465 e. The SMILES string of the molecule is COC(=O)c1scnc1N.CS. The van der Waals surface area contributed by atoms with Gasteiger partial charge in [0.2, 0.25) is 0 Å². The van der Waals surface area contributed by atoms with E-state index in [-0.39, 0.29) is 5.82 Å². The van der Waals surface area contributed by atoms with Gasteiger partial charge in [-0.05, 0) is 6.26 Å². The lowest BCUT2D eigenvalue weighted by Crippen LogP contribution is -2.01. The minimum atomic E-state index is -0.431. The molecule has 4 nitrogen and oxygen atoms in total. The van der Waals surface area contributed by atoms with Crippen LogP contribution in [0.3, 0.4) is 0 Å². The Morgan fingerprint density at radius 3 is 2.67 bits per heavy atom. The summed E-state index contributed by atoms with van der Waals surface area (Å²) in [6.07, 6.45) is 1.69. The zero-order chi connectivity index (χ0) is 9.56. The van der Waals surface area contributed by atoms with E-state index in [0.717, 1.165) is 0 Å². The van der Waals surface area contributed by atoms with Gasteiger partial charge in [0.05, 0.1) is 12.6 Å². The Hall–Kier alpha value is -0.750. The van der Waals surface area contributed by atoms with E-state index in [2.05, 4.69) is 22.3 Å². The number of carbonyl (C=O) groups is 1. The van der Waals surface area contributed by atoms with E-state index in [1.807, 2.05) is 0 Å². The fourth-order valence-electron chi connectivity index (χ4n) is 0.500. The van der Waals surface area contributed by atoms with E-state index < -0.39 is 5.97 Å². The van der Waals surface area contributed by atoms with E-state index in [0.29, 0.717) is 4.88 Å². The first-order chi connectivity index (χ1) is 5.75. The van der Waals surface area contributed by atoms with Crippen molar-refractivity contribution in [1.82, 2.24) is 4.98 Å². The molecule has 0 aliphatic carbocycles. The highest BCUT2D eigenvalue weighted by atomic mass is 32.1. The van der Waals surface area contributed by atoms with Crippen molar-refractivity contribution in [2.24, 2.45) is 0 Å². The van der Waals surface area contributed by atoms with Crippen LogP contribution >= 0.6 is 24.0 Å². The first-order valence-corrected chi connectivity index (χ1v) is 4.75. The van der Waals surface area contributed by atoms with Gasteiger partial charge in [0, 0.05) is 0 Å². The monoisotopic (exact) mass is 206 g/mol. The highest BCUT2D eigenvalue weighted by molar-refractivity contribution is 7.79. The molecule has 0 saturated heterocycles. The molecular weight excluding hydrogens is 196 g/mol. The molecule has 0 bridgehead atoms. The number of carbonyl (C=O) groups excluding carboxylic acids is 1. The van der Waals surface area contributed by atoms with Gasteiger partial charge in [0.1, 0.15) is 5.82 Å². The molecular formula is C6H10N2O2S2. The average molecular weight is 206 g/mol. The number of esters is 1. The summed E-state index contributed by atoms with van der Waals surface area (Å²) in [5.41, 5.74) is 6.82. The summed E-state index contributed by atoms with van der Waals surface area (Å²) in [7, 11) is 1.31. The summed E-state index contributed by atoms with van der Waals surface area (Å²) in [5, 5.41) is 0. The Morgan fingerprint density at radius 1 is 1.75 bits per heavy atom. The van der Waals surface area contributed by atoms with Crippen molar-refractivity contribution in [1.29, 1.82) is 0 Å². The van der Waals surface area contributed by atoms with Crippen molar-refractivity contribution in [3.05, 3.63) is 10.4 Å². The second kappa shape index (κ2) is 5.84. The van der Waals surface area contributed by atoms with E-state index in [1.165, 1.54) is 24.0 Å². The number of rotatable bonds is 1. The van der Waals surface area contributed by atoms with E-state index >= 15 is 0 Å². The van der Waals surface area contributed by atoms with Gasteiger partial charge in [-0.25, -0.2) is 9.78 Å². The number of nitrogens with two attached hydrogens (primary N) is 1. The molecule has 0 saturated carbocycles. The van der Waals surface area contributed by atoms with Gasteiger partial charge in [-0.2, -0.15) is 12.6 Å². The molecule has 1 rings (SSSR count). The van der Waals surface area contributed by atoms with Crippen LogP contribution in [0.5, 0.6) is 0 Å². The summed E-state index contributed by atoms with van der Waals surface area (Å²) in [6.45, 7) is 0. The molecule has 1 aromatic heterocycles. The largest absolute Gasteiger partial charge is 0.465 e. The number of thiazole rings is 1. The summed E-state index contributed by atoms with van der Waals surface area (Å²) < 4.78 is 4.43. The third-order valence-electron chi connectivity index (χ3n) is 0.966. The molecule has 0 spiro atoms. The first kappa shape index (κ1) is 11.2. The van der Waals surface area contributed by atoms with Gasteiger partial charge in [0.25, 0.3) is 0 Å². The predicted molar refractivity (Wildman–Crippen MR) is 52.8 cm³/mol. The fraction of sp³-hybridized carbons (Fsp3) is 0.333. The Bertz CT molecular complexity index is 249. The molecule has 0 atom stereocenters. The molecule has 0 radical (unpaired) electrons. The molecule has 0 fully saturated rings. The number of methoxy groups -OCH3 is 1. The molecule has 0 aromatic carbocycles. The lowest BCUT2D eigenvalue weighted by atomic mass is 10.5. The van der Waals surface area contributed by atoms with E-state index in [9.17, 15) is 4.79 Å². The smallest absolute Gasteiger partial charge is 0.351 e. The lowest BCUT2D eigenvalue weighted by molar-refractivity contribution is 0.0607. The number of ether oxygens (including phenoxy) is 1. The summed E-state index contributed by atoms with van der Waals surface area (Å²) in [6, 6.07) is 0. The maximum absolute atomic E-state index is 10.8. The van der Waals surface area contributed by atoms with Gasteiger partial charge in [-0.3, -0.25) is 0 Å². The van der Waals surface area contributed by atoms with Crippen LogP contribution in [0, 0.1) is 0 Å². The van der Waals surface area contributed by atoms with Crippen molar-refractivity contribution >= 4 is 35.8 Å². The van der Waals surface area contributed by atoms with Crippen molar-refractivity contribution in [3.8, 4) is 0 Å². The van der Waals surface area contributed by atoms with Crippen molar-refractivity contribution in [2.75, 3.05) is 19.1 Å². The molecule has 12 heavy (non-hydrogen) atoms. The number of nitrogens with zero attached hydrogens (tertiary/aromatic N) is 1. The van der Waals surface area contributed by atoms with Gasteiger partial charge >= 0.3 is 5.97 Å². The zero-order valence-corrected chi connectivity index (χ0v) is 8.48. The third kappa shape index (κ3) is 2.71. The van der Waals surface area contributed by atoms with Crippen molar-refractivity contribution in [2.45, 2.75) is 0 Å². The third-order valence-corrected chi connectivity index (χ3v) is 1.79. The maximum Gasteiger partial charge on any atom is 0.351 e. The number of hydrogen-bond acceptors (Lipinski definition) is 6. The summed E-state index contributed by atoms with van der Waals surface area (Å²) in [5.74, 6) is -0.197. The quantitative estimate of drug-likeness (QED) is 0.532. The number of thiol groups is 1. The molecule has 2 N–H and O–H groups in total. The second-order valence-corrected chi connectivity index (χ2v) is 2.41. The molecule has 0 aliphatic heterocycles. The van der Waals surface area contributed by atoms with Gasteiger partial charge in [0.15, 0.2) is 4.88 Å². The van der Waals surface area contributed by atoms with Gasteiger partial charge in [-0.1, -0.05) is 0 Å². The predicted octanol–water partition coefficient (Wildman–Crippen LogP) is 1.06. The van der Waals surface area contributed by atoms with Crippen LogP contribution in [0.4, 0.5) is 5.82 Å². The summed E-state index contributed by atoms with van der Waals surface area (Å²) >= 11 is 4.70. The Labute approximate surface area is 80.2 Å². The average Bonchev–Trinajstić information content (AvgIpc) is 2.54. The van der Waals surface area contributed by atoms with Gasteiger partial charge < -0.3 is 10.5 Å². The van der Waals surface area contributed by atoms with Crippen molar-refractivity contribution in [3.63, 3.8) is 0 Å². The first-order valence-electron chi connectivity index (χ1n) is 2.97.